The largest absolute Gasteiger partial charge is 0.478 e. The van der Waals surface area contributed by atoms with E-state index in [2.05, 4.69) is 12.2 Å². The van der Waals surface area contributed by atoms with Crippen LogP contribution in [0.25, 0.3) is 0 Å². The molecule has 1 aliphatic carbocycles. The molecule has 4 heteroatoms. The first-order valence-corrected chi connectivity index (χ1v) is 7.05. The van der Waals surface area contributed by atoms with Crippen molar-refractivity contribution >= 4 is 17.3 Å². The Bertz CT molecular complexity index is 396. The van der Waals surface area contributed by atoms with Gasteiger partial charge in [0.15, 0.2) is 0 Å². The van der Waals surface area contributed by atoms with Gasteiger partial charge in [-0.05, 0) is 30.7 Å². The minimum atomic E-state index is -0.836. The zero-order valence-corrected chi connectivity index (χ0v) is 11.0. The second-order valence-corrected chi connectivity index (χ2v) is 5.96. The van der Waals surface area contributed by atoms with E-state index in [0.29, 0.717) is 11.0 Å². The Morgan fingerprint density at radius 3 is 2.88 bits per heavy atom. The Morgan fingerprint density at radius 2 is 2.35 bits per heavy atom. The first kappa shape index (κ1) is 12.6. The van der Waals surface area contributed by atoms with Crippen LogP contribution in [0.15, 0.2) is 11.4 Å². The Labute approximate surface area is 106 Å². The summed E-state index contributed by atoms with van der Waals surface area (Å²) in [7, 11) is 0. The van der Waals surface area contributed by atoms with E-state index in [9.17, 15) is 4.79 Å². The van der Waals surface area contributed by atoms with Crippen LogP contribution in [0.3, 0.4) is 0 Å². The zero-order valence-electron chi connectivity index (χ0n) is 10.2. The number of aromatic carboxylic acids is 1. The molecule has 94 valence electrons. The van der Waals surface area contributed by atoms with Gasteiger partial charge in [-0.2, -0.15) is 0 Å². The lowest BCUT2D eigenvalue weighted by Crippen LogP contribution is -2.23. The maximum absolute atomic E-state index is 10.7. The molecule has 0 aliphatic heterocycles. The highest BCUT2D eigenvalue weighted by atomic mass is 32.1. The lowest BCUT2D eigenvalue weighted by Gasteiger charge is -2.14. The maximum Gasteiger partial charge on any atom is 0.336 e. The highest BCUT2D eigenvalue weighted by molar-refractivity contribution is 7.10. The number of hydrogen-bond acceptors (Lipinski definition) is 3. The number of nitrogens with one attached hydrogen (secondary N) is 1. The van der Waals surface area contributed by atoms with Crippen molar-refractivity contribution in [3.05, 3.63) is 21.9 Å². The molecular weight excluding hydrogens is 234 g/mol. The first-order valence-electron chi connectivity index (χ1n) is 6.17. The van der Waals surface area contributed by atoms with E-state index in [1.807, 2.05) is 0 Å². The van der Waals surface area contributed by atoms with Crippen LogP contribution >= 0.6 is 11.3 Å². The van der Waals surface area contributed by atoms with Gasteiger partial charge in [0.2, 0.25) is 0 Å². The lowest BCUT2D eigenvalue weighted by molar-refractivity contribution is 0.0697. The molecule has 2 N–H and O–H groups in total. The van der Waals surface area contributed by atoms with Gasteiger partial charge in [-0.1, -0.05) is 13.3 Å². The fourth-order valence-corrected chi connectivity index (χ4v) is 3.09. The van der Waals surface area contributed by atoms with Crippen molar-refractivity contribution in [1.82, 2.24) is 5.32 Å². The summed E-state index contributed by atoms with van der Waals surface area (Å²) in [4.78, 5) is 11.8. The third-order valence-corrected chi connectivity index (χ3v) is 4.37. The van der Waals surface area contributed by atoms with Crippen molar-refractivity contribution in [3.63, 3.8) is 0 Å². The molecule has 2 rings (SSSR count). The number of carbonyl (C=O) groups is 1. The Hall–Kier alpha value is -0.870. The lowest BCUT2D eigenvalue weighted by atomic mass is 10.0. The minimum Gasteiger partial charge on any atom is -0.478 e. The van der Waals surface area contributed by atoms with Gasteiger partial charge < -0.3 is 10.4 Å². The molecule has 0 atom stereocenters. The van der Waals surface area contributed by atoms with Crippen LogP contribution < -0.4 is 5.32 Å². The summed E-state index contributed by atoms with van der Waals surface area (Å²) in [5, 5.41) is 14.0. The average molecular weight is 253 g/mol. The van der Waals surface area contributed by atoms with Crippen molar-refractivity contribution in [2.24, 2.45) is 5.41 Å². The molecule has 0 radical (unpaired) electrons. The number of thiophene rings is 1. The maximum atomic E-state index is 10.7. The molecule has 0 aromatic carbocycles. The fourth-order valence-electron chi connectivity index (χ4n) is 2.26. The molecule has 1 fully saturated rings. The molecule has 1 aromatic rings. The van der Waals surface area contributed by atoms with E-state index < -0.39 is 5.97 Å². The van der Waals surface area contributed by atoms with Crippen molar-refractivity contribution in [3.8, 4) is 0 Å². The SMILES string of the molecule is CCCC1(CNCc2cc(C(=O)O)cs2)CC1. The highest BCUT2D eigenvalue weighted by Gasteiger charge is 2.40. The summed E-state index contributed by atoms with van der Waals surface area (Å²) in [6, 6.07) is 1.76. The smallest absolute Gasteiger partial charge is 0.336 e. The molecule has 17 heavy (non-hydrogen) atoms. The Kier molecular flexibility index (Phi) is 3.84. The predicted molar refractivity (Wildman–Crippen MR) is 69.6 cm³/mol. The Balaban J connectivity index is 1.76. The van der Waals surface area contributed by atoms with Crippen molar-refractivity contribution < 1.29 is 9.90 Å². The summed E-state index contributed by atoms with van der Waals surface area (Å²) in [6.07, 6.45) is 5.26. The van der Waals surface area contributed by atoms with E-state index in [4.69, 9.17) is 5.11 Å². The zero-order chi connectivity index (χ0) is 12.3. The number of carboxylic acid groups (broad SMARTS) is 1. The fraction of sp³-hybridized carbons (Fsp3) is 0.615. The third-order valence-electron chi connectivity index (χ3n) is 3.44. The molecule has 1 heterocycles. The summed E-state index contributed by atoms with van der Waals surface area (Å²) >= 11 is 1.52. The standard InChI is InChI=1S/C13H19NO2S/c1-2-3-13(4-5-13)9-14-7-11-6-10(8-17-11)12(15)16/h6,8,14H,2-5,7,9H2,1H3,(H,15,16). The van der Waals surface area contributed by atoms with E-state index in [-0.39, 0.29) is 0 Å². The summed E-state index contributed by atoms with van der Waals surface area (Å²) in [6.45, 7) is 4.10. The van der Waals surface area contributed by atoms with E-state index >= 15 is 0 Å². The van der Waals surface area contributed by atoms with Crippen LogP contribution in [0.2, 0.25) is 0 Å². The van der Waals surface area contributed by atoms with E-state index in [1.165, 1.54) is 37.0 Å². The molecule has 3 nitrogen and oxygen atoms in total. The van der Waals surface area contributed by atoms with Gasteiger partial charge in [0.1, 0.15) is 0 Å². The van der Waals surface area contributed by atoms with E-state index in [0.717, 1.165) is 18.0 Å². The molecule has 1 aromatic heterocycles. The van der Waals surface area contributed by atoms with Crippen LogP contribution in [0, 0.1) is 5.41 Å². The molecule has 0 unspecified atom stereocenters. The summed E-state index contributed by atoms with van der Waals surface area (Å²) < 4.78 is 0. The second-order valence-electron chi connectivity index (χ2n) is 4.96. The molecule has 1 saturated carbocycles. The molecule has 0 spiro atoms. The number of hydrogen-bond donors (Lipinski definition) is 2. The van der Waals surface area contributed by atoms with Gasteiger partial charge >= 0.3 is 5.97 Å². The van der Waals surface area contributed by atoms with Gasteiger partial charge in [-0.15, -0.1) is 11.3 Å². The average Bonchev–Trinajstić information content (AvgIpc) is 2.88. The third kappa shape index (κ3) is 3.30. The van der Waals surface area contributed by atoms with Crippen LogP contribution in [0.1, 0.15) is 47.8 Å². The highest BCUT2D eigenvalue weighted by Crippen LogP contribution is 2.48. The molecular formula is C13H19NO2S. The molecule has 1 aliphatic rings. The van der Waals surface area contributed by atoms with Gasteiger partial charge in [-0.3, -0.25) is 0 Å². The number of rotatable bonds is 7. The summed E-state index contributed by atoms with van der Waals surface area (Å²) in [5.74, 6) is -0.836. The normalized spacial score (nSPS) is 17.0. The topological polar surface area (TPSA) is 49.3 Å². The number of carboxylic acids is 1. The molecule has 0 bridgehead atoms. The summed E-state index contributed by atoms with van der Waals surface area (Å²) in [5.41, 5.74) is 0.961. The second kappa shape index (κ2) is 5.19. The van der Waals surface area contributed by atoms with Gasteiger partial charge in [0.25, 0.3) is 0 Å². The monoisotopic (exact) mass is 253 g/mol. The van der Waals surface area contributed by atoms with Crippen molar-refractivity contribution in [2.75, 3.05) is 6.54 Å². The Morgan fingerprint density at radius 1 is 1.59 bits per heavy atom. The first-order chi connectivity index (χ1) is 8.15. The van der Waals surface area contributed by atoms with E-state index in [1.54, 1.807) is 11.4 Å². The van der Waals surface area contributed by atoms with Crippen LogP contribution in [0.5, 0.6) is 0 Å². The minimum absolute atomic E-state index is 0.404. The van der Waals surface area contributed by atoms with Gasteiger partial charge in [-0.25, -0.2) is 4.79 Å². The predicted octanol–water partition coefficient (Wildman–Crippen LogP) is 3.12. The molecule has 0 saturated heterocycles. The van der Waals surface area contributed by atoms with Crippen molar-refractivity contribution in [2.45, 2.75) is 39.2 Å². The van der Waals surface area contributed by atoms with Gasteiger partial charge in [0, 0.05) is 23.3 Å². The van der Waals surface area contributed by atoms with Crippen LogP contribution in [-0.2, 0) is 6.54 Å². The quantitative estimate of drug-likeness (QED) is 0.785. The molecule has 0 amide bonds. The van der Waals surface area contributed by atoms with Crippen molar-refractivity contribution in [1.29, 1.82) is 0 Å². The van der Waals surface area contributed by atoms with Crippen LogP contribution in [-0.4, -0.2) is 17.6 Å². The van der Waals surface area contributed by atoms with Crippen LogP contribution in [0.4, 0.5) is 0 Å². The van der Waals surface area contributed by atoms with Gasteiger partial charge in [0.05, 0.1) is 5.56 Å².